The summed E-state index contributed by atoms with van der Waals surface area (Å²) >= 11 is 0. The fourth-order valence-electron chi connectivity index (χ4n) is 1.97. The number of carbonyl (C=O) groups excluding carboxylic acids is 2. The van der Waals surface area contributed by atoms with Gasteiger partial charge in [0.2, 0.25) is 0 Å². The maximum Gasteiger partial charge on any atom is 0.524 e. The lowest BCUT2D eigenvalue weighted by Gasteiger charge is -2.18. The zero-order valence-electron chi connectivity index (χ0n) is 8.76. The smallest absolute Gasteiger partial charge is 0.395 e. The molecule has 0 aromatic heterocycles. The molecule has 1 aliphatic carbocycles. The molecule has 0 fully saturated rings. The summed E-state index contributed by atoms with van der Waals surface area (Å²) in [4.78, 5) is 22.3. The van der Waals surface area contributed by atoms with Crippen LogP contribution in [0.4, 0.5) is 9.59 Å². The summed E-state index contributed by atoms with van der Waals surface area (Å²) in [5, 5.41) is 0. The summed E-state index contributed by atoms with van der Waals surface area (Å²) in [6.45, 7) is 0. The van der Waals surface area contributed by atoms with E-state index >= 15 is 0 Å². The van der Waals surface area contributed by atoms with Crippen molar-refractivity contribution in [1.29, 1.82) is 0 Å². The number of benzene rings is 1. The Hall–Kier alpha value is -2.30. The third-order valence-corrected chi connectivity index (χ3v) is 2.70. The van der Waals surface area contributed by atoms with Gasteiger partial charge in [0.05, 0.1) is 0 Å². The summed E-state index contributed by atoms with van der Waals surface area (Å²) < 4.78 is 14.2. The van der Waals surface area contributed by atoms with Crippen molar-refractivity contribution >= 4 is 18.1 Å². The molecule has 0 unspecified atom stereocenters. The van der Waals surface area contributed by atoms with Crippen molar-refractivity contribution in [3.8, 4) is 0 Å². The normalized spacial score (nSPS) is 18.4. The fraction of sp³-hybridized carbons (Fsp3) is 0.167. The van der Waals surface area contributed by atoms with E-state index in [0.29, 0.717) is 12.2 Å². The zero-order valence-corrected chi connectivity index (χ0v) is 8.76. The van der Waals surface area contributed by atoms with E-state index in [2.05, 4.69) is 4.74 Å². The predicted molar refractivity (Wildman–Crippen MR) is 55.7 cm³/mol. The second kappa shape index (κ2) is 3.62. The molecule has 0 spiro atoms. The topological polar surface area (TPSA) is 61.8 Å². The average Bonchev–Trinajstić information content (AvgIpc) is 2.46. The molecule has 1 aromatic rings. The van der Waals surface area contributed by atoms with Gasteiger partial charge >= 0.3 is 12.3 Å². The Kier molecular flexibility index (Phi) is 2.11. The van der Waals surface area contributed by atoms with Gasteiger partial charge in [-0.2, -0.15) is 0 Å². The number of cyclic esters (lactones) is 2. The molecule has 86 valence electrons. The highest BCUT2D eigenvalue weighted by Crippen LogP contribution is 2.34. The van der Waals surface area contributed by atoms with Crippen molar-refractivity contribution in [3.63, 3.8) is 0 Å². The Labute approximate surface area is 96.6 Å². The van der Waals surface area contributed by atoms with Gasteiger partial charge in [-0.05, 0) is 12.0 Å². The van der Waals surface area contributed by atoms with E-state index in [9.17, 15) is 9.59 Å². The molecule has 0 saturated heterocycles. The van der Waals surface area contributed by atoms with Crippen LogP contribution in [0.5, 0.6) is 0 Å². The van der Waals surface area contributed by atoms with Crippen LogP contribution in [0.25, 0.3) is 5.76 Å². The minimum absolute atomic E-state index is 0.280. The van der Waals surface area contributed by atoms with E-state index in [4.69, 9.17) is 9.47 Å². The summed E-state index contributed by atoms with van der Waals surface area (Å²) in [6, 6.07) is 7.50. The first-order valence-electron chi connectivity index (χ1n) is 5.17. The average molecular weight is 232 g/mol. The SMILES string of the molecule is O=C1OC(=O)OC2=C(CCc3ccccc32)O1. The highest BCUT2D eigenvalue weighted by atomic mass is 16.8. The number of hydrogen-bond donors (Lipinski definition) is 0. The molecule has 5 heteroatoms. The fourth-order valence-corrected chi connectivity index (χ4v) is 1.97. The van der Waals surface area contributed by atoms with E-state index in [1.807, 2.05) is 24.3 Å². The van der Waals surface area contributed by atoms with E-state index in [1.165, 1.54) is 0 Å². The van der Waals surface area contributed by atoms with Crippen LogP contribution in [0.1, 0.15) is 17.5 Å². The second-order valence-electron chi connectivity index (χ2n) is 3.72. The summed E-state index contributed by atoms with van der Waals surface area (Å²) in [5.74, 6) is 0.627. The first-order chi connectivity index (χ1) is 8.24. The van der Waals surface area contributed by atoms with E-state index < -0.39 is 12.3 Å². The minimum atomic E-state index is -1.06. The Bertz CT molecular complexity index is 544. The summed E-state index contributed by atoms with van der Waals surface area (Å²) in [7, 11) is 0. The van der Waals surface area contributed by atoms with Gasteiger partial charge in [0.1, 0.15) is 0 Å². The Morgan fingerprint density at radius 3 is 2.53 bits per heavy atom. The third kappa shape index (κ3) is 1.65. The number of carbonyl (C=O) groups is 2. The lowest BCUT2D eigenvalue weighted by atomic mass is 9.95. The van der Waals surface area contributed by atoms with Crippen LogP contribution >= 0.6 is 0 Å². The number of allylic oxidation sites excluding steroid dienone is 1. The number of fused-ring (bicyclic) bond motifs is 2. The van der Waals surface area contributed by atoms with Gasteiger partial charge in [0.25, 0.3) is 0 Å². The molecule has 0 radical (unpaired) electrons. The van der Waals surface area contributed by atoms with E-state index in [0.717, 1.165) is 17.5 Å². The van der Waals surface area contributed by atoms with E-state index in [-0.39, 0.29) is 5.76 Å². The largest absolute Gasteiger partial charge is 0.524 e. The maximum atomic E-state index is 11.2. The quantitative estimate of drug-likeness (QED) is 0.508. The lowest BCUT2D eigenvalue weighted by Crippen LogP contribution is -2.09. The van der Waals surface area contributed by atoms with Crippen LogP contribution in [-0.2, 0) is 20.6 Å². The molecule has 0 atom stereocenters. The Morgan fingerprint density at radius 1 is 0.882 bits per heavy atom. The number of ether oxygens (including phenoxy) is 3. The van der Waals surface area contributed by atoms with Crippen molar-refractivity contribution in [2.24, 2.45) is 0 Å². The number of hydrogen-bond acceptors (Lipinski definition) is 5. The molecule has 3 rings (SSSR count). The number of aryl methyl sites for hydroxylation is 1. The molecule has 1 heterocycles. The van der Waals surface area contributed by atoms with Crippen LogP contribution in [-0.4, -0.2) is 12.3 Å². The molecule has 0 amide bonds. The predicted octanol–water partition coefficient (Wildman–Crippen LogP) is 2.60. The monoisotopic (exact) mass is 232 g/mol. The lowest BCUT2D eigenvalue weighted by molar-refractivity contribution is 0.0812. The number of rotatable bonds is 0. The Morgan fingerprint density at radius 2 is 1.65 bits per heavy atom. The molecular weight excluding hydrogens is 224 g/mol. The second-order valence-corrected chi connectivity index (χ2v) is 3.72. The standard InChI is InChI=1S/C12H8O5/c13-11-15-9-6-5-7-3-1-2-4-8(7)10(9)16-12(14)17-11/h1-4H,5-6H2. The van der Waals surface area contributed by atoms with Gasteiger partial charge in [-0.25, -0.2) is 9.59 Å². The van der Waals surface area contributed by atoms with Gasteiger partial charge in [-0.3, -0.25) is 0 Å². The zero-order chi connectivity index (χ0) is 11.8. The molecule has 1 aromatic carbocycles. The first-order valence-corrected chi connectivity index (χ1v) is 5.17. The van der Waals surface area contributed by atoms with Gasteiger partial charge in [-0.15, -0.1) is 0 Å². The molecular formula is C12H8O5. The van der Waals surface area contributed by atoms with Gasteiger partial charge in [-0.1, -0.05) is 24.3 Å². The van der Waals surface area contributed by atoms with Crippen molar-refractivity contribution in [3.05, 3.63) is 41.2 Å². The van der Waals surface area contributed by atoms with Gasteiger partial charge < -0.3 is 14.2 Å². The van der Waals surface area contributed by atoms with Crippen LogP contribution in [0, 0.1) is 0 Å². The van der Waals surface area contributed by atoms with Crippen molar-refractivity contribution in [1.82, 2.24) is 0 Å². The molecule has 0 saturated carbocycles. The molecule has 17 heavy (non-hydrogen) atoms. The molecule has 0 N–H and O–H groups in total. The first kappa shape index (κ1) is 9.89. The molecule has 2 aliphatic rings. The van der Waals surface area contributed by atoms with Crippen molar-refractivity contribution in [2.45, 2.75) is 12.8 Å². The van der Waals surface area contributed by atoms with Crippen LogP contribution in [0.3, 0.4) is 0 Å². The highest BCUT2D eigenvalue weighted by molar-refractivity contribution is 5.86. The Balaban J connectivity index is 2.12. The molecule has 1 aliphatic heterocycles. The van der Waals surface area contributed by atoms with Crippen molar-refractivity contribution < 1.29 is 23.8 Å². The third-order valence-electron chi connectivity index (χ3n) is 2.70. The van der Waals surface area contributed by atoms with Gasteiger partial charge in [0.15, 0.2) is 11.5 Å². The van der Waals surface area contributed by atoms with E-state index in [1.54, 1.807) is 0 Å². The maximum absolute atomic E-state index is 11.2. The highest BCUT2D eigenvalue weighted by Gasteiger charge is 2.30. The summed E-state index contributed by atoms with van der Waals surface area (Å²) in [6.07, 6.45) is -0.856. The molecule has 5 nitrogen and oxygen atoms in total. The van der Waals surface area contributed by atoms with Crippen LogP contribution in [0.2, 0.25) is 0 Å². The minimum Gasteiger partial charge on any atom is -0.395 e. The van der Waals surface area contributed by atoms with Crippen LogP contribution in [0.15, 0.2) is 30.0 Å². The van der Waals surface area contributed by atoms with Crippen molar-refractivity contribution in [2.75, 3.05) is 0 Å². The molecule has 0 bridgehead atoms. The van der Waals surface area contributed by atoms with Gasteiger partial charge in [0, 0.05) is 12.0 Å². The summed E-state index contributed by atoms with van der Waals surface area (Å²) in [5.41, 5.74) is 1.82. The van der Waals surface area contributed by atoms with Crippen LogP contribution < -0.4 is 0 Å².